The van der Waals surface area contributed by atoms with E-state index in [9.17, 15) is 18.4 Å². The smallest absolute Gasteiger partial charge is 0.409 e. The summed E-state index contributed by atoms with van der Waals surface area (Å²) < 4.78 is 61.7. The van der Waals surface area contributed by atoms with Crippen LogP contribution in [-0.4, -0.2) is 67.5 Å². The number of amides is 2. The van der Waals surface area contributed by atoms with E-state index in [1.54, 1.807) is 6.92 Å². The zero-order chi connectivity index (χ0) is 27.4. The van der Waals surface area contributed by atoms with Gasteiger partial charge < -0.3 is 34.6 Å². The van der Waals surface area contributed by atoms with E-state index in [-0.39, 0.29) is 73.7 Å². The molecule has 3 N–H and O–H groups in total. The lowest BCUT2D eigenvalue weighted by atomic mass is 9.93. The molecule has 2 fully saturated rings. The number of hydrogen-bond donors (Lipinski definition) is 2. The van der Waals surface area contributed by atoms with Crippen molar-refractivity contribution in [3.63, 3.8) is 0 Å². The summed E-state index contributed by atoms with van der Waals surface area (Å²) in [5.74, 6) is -0.247. The van der Waals surface area contributed by atoms with Gasteiger partial charge in [-0.1, -0.05) is 0 Å². The second kappa shape index (κ2) is 12.8. The number of nitrogens with zero attached hydrogens (tertiary/aromatic N) is 2. The number of halogens is 4. The van der Waals surface area contributed by atoms with Crippen LogP contribution >= 0.6 is 12.4 Å². The number of oxazole rings is 1. The maximum absolute atomic E-state index is 15.3. The van der Waals surface area contributed by atoms with E-state index in [0.29, 0.717) is 18.1 Å². The third kappa shape index (κ3) is 7.69. The molecule has 0 spiro atoms. The van der Waals surface area contributed by atoms with Crippen LogP contribution in [-0.2, 0) is 4.74 Å². The molecule has 10 nitrogen and oxygen atoms in total. The quantitative estimate of drug-likeness (QED) is 0.424. The lowest BCUT2D eigenvalue weighted by Gasteiger charge is -2.35. The van der Waals surface area contributed by atoms with Crippen molar-refractivity contribution in [3.05, 3.63) is 29.7 Å². The highest BCUT2D eigenvalue weighted by atomic mass is 35.5. The topological polar surface area (TPSA) is 129 Å². The number of methoxy groups -OCH3 is 1. The highest BCUT2D eigenvalue weighted by molar-refractivity contribution is 5.94. The maximum Gasteiger partial charge on any atom is 0.409 e. The molecular formula is C25H32ClF3N4O6. The van der Waals surface area contributed by atoms with Crippen molar-refractivity contribution < 1.29 is 41.4 Å². The largest absolute Gasteiger partial charge is 0.489 e. The Labute approximate surface area is 229 Å². The molecule has 1 aliphatic carbocycles. The van der Waals surface area contributed by atoms with Crippen molar-refractivity contribution in [3.8, 4) is 23.0 Å². The van der Waals surface area contributed by atoms with E-state index >= 15 is 4.39 Å². The number of ether oxygens (including phenoxy) is 3. The summed E-state index contributed by atoms with van der Waals surface area (Å²) in [5, 5.41) is 2.55. The molecule has 0 bridgehead atoms. The van der Waals surface area contributed by atoms with Gasteiger partial charge in [0.15, 0.2) is 23.0 Å². The Morgan fingerprint density at radius 3 is 2.54 bits per heavy atom. The van der Waals surface area contributed by atoms with E-state index in [4.69, 9.17) is 14.9 Å². The van der Waals surface area contributed by atoms with Gasteiger partial charge in [0.25, 0.3) is 5.91 Å². The summed E-state index contributed by atoms with van der Waals surface area (Å²) in [7, 11) is 1.26. The lowest BCUT2D eigenvalue weighted by Crippen LogP contribution is -2.49. The first-order valence-electron chi connectivity index (χ1n) is 12.4. The molecule has 4 rings (SSSR count). The molecule has 2 heterocycles. The Kier molecular flexibility index (Phi) is 9.94. The number of carbonyl (C=O) groups is 2. The van der Waals surface area contributed by atoms with Gasteiger partial charge in [0.05, 0.1) is 26.3 Å². The summed E-state index contributed by atoms with van der Waals surface area (Å²) in [5.41, 5.74) is 4.53. The van der Waals surface area contributed by atoms with E-state index in [1.807, 2.05) is 0 Å². The average Bonchev–Trinajstić information content (AvgIpc) is 3.61. The van der Waals surface area contributed by atoms with Gasteiger partial charge in [0.2, 0.25) is 5.89 Å². The fraction of sp³-hybridized carbons (Fsp3) is 0.560. The highest BCUT2D eigenvalue weighted by Gasteiger charge is 2.37. The number of alkyl halides is 3. The zero-order valence-corrected chi connectivity index (χ0v) is 22.4. The van der Waals surface area contributed by atoms with E-state index < -0.39 is 30.3 Å². The van der Waals surface area contributed by atoms with Crippen LogP contribution in [0, 0.1) is 5.92 Å². The van der Waals surface area contributed by atoms with E-state index in [0.717, 1.165) is 12.8 Å². The van der Waals surface area contributed by atoms with Gasteiger partial charge in [-0.05, 0) is 43.9 Å². The second-order valence-electron chi connectivity index (χ2n) is 9.61. The van der Waals surface area contributed by atoms with Gasteiger partial charge in [-0.15, -0.1) is 12.4 Å². The number of piperidine rings is 1. The Hall–Kier alpha value is -3.19. The van der Waals surface area contributed by atoms with E-state index in [2.05, 4.69) is 19.8 Å². The van der Waals surface area contributed by atoms with Crippen LogP contribution < -0.4 is 20.5 Å². The molecule has 39 heavy (non-hydrogen) atoms. The first kappa shape index (κ1) is 30.4. The molecule has 1 aliphatic heterocycles. The molecule has 216 valence electrons. The fourth-order valence-electron chi connectivity index (χ4n) is 4.08. The second-order valence-corrected chi connectivity index (χ2v) is 9.61. The third-order valence-electron chi connectivity index (χ3n) is 6.52. The molecule has 1 aromatic heterocycles. The first-order chi connectivity index (χ1) is 18.1. The molecule has 1 saturated heterocycles. The van der Waals surface area contributed by atoms with Crippen molar-refractivity contribution in [2.45, 2.75) is 50.9 Å². The number of likely N-dealkylation sites (tertiary alicyclic amines) is 1. The number of aromatic nitrogens is 1. The third-order valence-corrected chi connectivity index (χ3v) is 6.52. The van der Waals surface area contributed by atoms with Crippen LogP contribution in [0.4, 0.5) is 18.0 Å². The van der Waals surface area contributed by atoms with Crippen LogP contribution in [0.5, 0.6) is 11.5 Å². The molecule has 2 amide bonds. The zero-order valence-electron chi connectivity index (χ0n) is 21.6. The number of nitrogens with two attached hydrogens (primary N) is 1. The molecule has 0 radical (unpaired) electrons. The Balaban J connectivity index is 0.00000420. The average molecular weight is 577 g/mol. The van der Waals surface area contributed by atoms with Crippen LogP contribution in [0.15, 0.2) is 22.6 Å². The van der Waals surface area contributed by atoms with Crippen molar-refractivity contribution in [1.82, 2.24) is 15.2 Å². The van der Waals surface area contributed by atoms with E-state index in [1.165, 1.54) is 30.2 Å². The molecule has 1 atom stereocenters. The van der Waals surface area contributed by atoms with Crippen LogP contribution in [0.25, 0.3) is 11.5 Å². The normalized spacial score (nSPS) is 17.3. The van der Waals surface area contributed by atoms with Gasteiger partial charge >= 0.3 is 12.7 Å². The van der Waals surface area contributed by atoms with Crippen LogP contribution in [0.2, 0.25) is 0 Å². The Bertz CT molecular complexity index is 1150. The number of hydrogen-bond acceptors (Lipinski definition) is 8. The van der Waals surface area contributed by atoms with Crippen LogP contribution in [0.1, 0.15) is 54.9 Å². The maximum atomic E-state index is 15.3. The van der Waals surface area contributed by atoms with Crippen molar-refractivity contribution in [2.75, 3.05) is 33.4 Å². The summed E-state index contributed by atoms with van der Waals surface area (Å²) in [6.45, 7) is -1.04. The van der Waals surface area contributed by atoms with Gasteiger partial charge in [-0.25, -0.2) is 14.2 Å². The number of nitrogens with one attached hydrogen (secondary N) is 1. The standard InChI is InChI=1S/C25H31F3N4O6.ClH/c1-14(29)20-19(21(33)30-13-25(28)7-9-32(10-8-25)24(34)35-2)31-22(38-20)16-5-6-17(37-23(26)27)18(11-16)36-12-15-3-4-15;/h5-6,11,14-15,23H,3-4,7-10,12-13,29H2,1-2H3,(H,30,33);1H/t14-;/m0./s1. The van der Waals surface area contributed by atoms with Crippen LogP contribution in [0.3, 0.4) is 0 Å². The van der Waals surface area contributed by atoms with Gasteiger partial charge in [0, 0.05) is 31.5 Å². The number of rotatable bonds is 10. The fourth-order valence-corrected chi connectivity index (χ4v) is 4.08. The highest BCUT2D eigenvalue weighted by Crippen LogP contribution is 2.37. The molecule has 2 aliphatic rings. The SMILES string of the molecule is COC(=O)N1CCC(F)(CNC(=O)c2nc(-c3ccc(OC(F)F)c(OCC4CC4)c3)oc2[C@H](C)N)CC1.Cl. The Morgan fingerprint density at radius 2 is 1.95 bits per heavy atom. The predicted molar refractivity (Wildman–Crippen MR) is 136 cm³/mol. The summed E-state index contributed by atoms with van der Waals surface area (Å²) in [6, 6.07) is 3.50. The summed E-state index contributed by atoms with van der Waals surface area (Å²) >= 11 is 0. The molecule has 2 aromatic rings. The molecule has 1 saturated carbocycles. The van der Waals surface area contributed by atoms with Crippen molar-refractivity contribution >= 4 is 24.4 Å². The van der Waals surface area contributed by atoms with Gasteiger partial charge in [-0.3, -0.25) is 4.79 Å². The molecular weight excluding hydrogens is 545 g/mol. The Morgan fingerprint density at radius 1 is 1.26 bits per heavy atom. The van der Waals surface area contributed by atoms with Gasteiger partial charge in [-0.2, -0.15) is 8.78 Å². The minimum atomic E-state index is -3.03. The first-order valence-corrected chi connectivity index (χ1v) is 12.4. The number of carbonyl (C=O) groups excluding carboxylic acids is 2. The monoisotopic (exact) mass is 576 g/mol. The molecule has 0 unspecified atom stereocenters. The lowest BCUT2D eigenvalue weighted by molar-refractivity contribution is -0.0515. The van der Waals surface area contributed by atoms with Gasteiger partial charge in [0.1, 0.15) is 5.67 Å². The molecule has 14 heteroatoms. The summed E-state index contributed by atoms with van der Waals surface area (Å²) in [6.07, 6.45) is 1.55. The minimum Gasteiger partial charge on any atom is -0.489 e. The predicted octanol–water partition coefficient (Wildman–Crippen LogP) is 4.47. The molecule has 1 aromatic carbocycles. The van der Waals surface area contributed by atoms with Crippen molar-refractivity contribution in [2.24, 2.45) is 11.7 Å². The van der Waals surface area contributed by atoms with Crippen molar-refractivity contribution in [1.29, 1.82) is 0 Å². The minimum absolute atomic E-state index is 0. The summed E-state index contributed by atoms with van der Waals surface area (Å²) in [4.78, 5) is 30.3. The number of benzene rings is 1.